The van der Waals surface area contributed by atoms with E-state index >= 15 is 0 Å². The predicted molar refractivity (Wildman–Crippen MR) is 172 cm³/mol. The van der Waals surface area contributed by atoms with E-state index in [1.807, 2.05) is 19.9 Å². The third-order valence-electron chi connectivity index (χ3n) is 6.21. The van der Waals surface area contributed by atoms with E-state index in [9.17, 15) is 10.1 Å². The van der Waals surface area contributed by atoms with Crippen LogP contribution in [0.15, 0.2) is 58.8 Å². The number of nitrogens with one attached hydrogen (secondary N) is 1. The number of halogens is 1. The molecule has 0 saturated carbocycles. The maximum Gasteiger partial charge on any atom is 0.232 e. The number of aliphatic imine (C=N–C) groups is 2. The minimum atomic E-state index is -0.770. The summed E-state index contributed by atoms with van der Waals surface area (Å²) in [5.74, 6) is 0.0920. The van der Waals surface area contributed by atoms with E-state index in [-0.39, 0.29) is 12.4 Å². The number of nitrogens with two attached hydrogens (primary N) is 1. The van der Waals surface area contributed by atoms with Crippen LogP contribution in [0.25, 0.3) is 10.9 Å². The minimum Gasteiger partial charge on any atom is -0.495 e. The number of hydrogen-bond donors (Lipinski definition) is 2. The van der Waals surface area contributed by atoms with Crippen LogP contribution in [0.1, 0.15) is 48.8 Å². The van der Waals surface area contributed by atoms with Crippen LogP contribution in [0, 0.1) is 11.3 Å². The topological polar surface area (TPSA) is 168 Å². The standard InChI is InChI=1S/C23H20N6O3.C8H17N3.ClH/c1-3-14-9-19(29-28-14)22(23(25)30)17-5-4-15(12-27-17)32-20-6-7-26-18-10-21(31-2)13(11-24)8-16(18)20;1-4-9-8-10-6-5-7-11(2)3;/h4-10,12,22H,3H2,1-2H3,(H2,25,30)(H,28,29);4-7H2,1-3H3;1H. The van der Waals surface area contributed by atoms with Gasteiger partial charge in [0.1, 0.15) is 29.2 Å². The van der Waals surface area contributed by atoms with Crippen molar-refractivity contribution in [2.24, 2.45) is 15.7 Å². The molecule has 4 rings (SSSR count). The summed E-state index contributed by atoms with van der Waals surface area (Å²) in [5, 5.41) is 17.1. The second-order valence-electron chi connectivity index (χ2n) is 9.63. The van der Waals surface area contributed by atoms with Crippen LogP contribution in [0.4, 0.5) is 0 Å². The Morgan fingerprint density at radius 1 is 1.11 bits per heavy atom. The number of primary amides is 1. The lowest BCUT2D eigenvalue weighted by molar-refractivity contribution is -0.118. The molecule has 0 spiro atoms. The zero-order valence-corrected chi connectivity index (χ0v) is 26.4. The molecule has 4 aromatic rings. The van der Waals surface area contributed by atoms with Crippen LogP contribution in [0.5, 0.6) is 17.2 Å². The number of ether oxygens (including phenoxy) is 2. The van der Waals surface area contributed by atoms with Crippen molar-refractivity contribution in [2.75, 3.05) is 40.8 Å². The number of methoxy groups -OCH3 is 1. The first-order chi connectivity index (χ1) is 20.8. The molecule has 3 heterocycles. The van der Waals surface area contributed by atoms with Gasteiger partial charge in [0, 0.05) is 29.9 Å². The number of aryl methyl sites for hydroxylation is 1. The fourth-order valence-electron chi connectivity index (χ4n) is 4.03. The van der Waals surface area contributed by atoms with Gasteiger partial charge in [0.2, 0.25) is 5.91 Å². The number of H-pyrrole nitrogens is 1. The summed E-state index contributed by atoms with van der Waals surface area (Å²) in [6.45, 7) is 6.65. The third kappa shape index (κ3) is 9.88. The molecule has 13 heteroatoms. The number of hydrogen-bond acceptors (Lipinski definition) is 10. The average molecular weight is 620 g/mol. The molecule has 1 unspecified atom stereocenters. The summed E-state index contributed by atoms with van der Waals surface area (Å²) in [7, 11) is 5.62. The van der Waals surface area contributed by atoms with Crippen molar-refractivity contribution in [3.63, 3.8) is 0 Å². The van der Waals surface area contributed by atoms with Crippen molar-refractivity contribution in [3.05, 3.63) is 71.4 Å². The molecule has 0 aliphatic heterocycles. The van der Waals surface area contributed by atoms with Crippen molar-refractivity contribution in [1.29, 1.82) is 5.26 Å². The van der Waals surface area contributed by atoms with Gasteiger partial charge in [-0.15, -0.1) is 12.4 Å². The fourth-order valence-corrected chi connectivity index (χ4v) is 4.03. The van der Waals surface area contributed by atoms with Gasteiger partial charge < -0.3 is 20.1 Å². The largest absolute Gasteiger partial charge is 0.495 e. The highest BCUT2D eigenvalue weighted by Gasteiger charge is 2.24. The highest BCUT2D eigenvalue weighted by Crippen LogP contribution is 2.33. The Balaban J connectivity index is 0.000000483. The van der Waals surface area contributed by atoms with Gasteiger partial charge in [-0.1, -0.05) is 6.92 Å². The first-order valence-electron chi connectivity index (χ1n) is 13.9. The van der Waals surface area contributed by atoms with Crippen molar-refractivity contribution < 1.29 is 14.3 Å². The Hall–Kier alpha value is -4.82. The van der Waals surface area contributed by atoms with Crippen molar-refractivity contribution >= 4 is 35.2 Å². The second-order valence-corrected chi connectivity index (χ2v) is 9.63. The number of pyridine rings is 2. The Morgan fingerprint density at radius 3 is 2.50 bits per heavy atom. The number of carbonyl (C=O) groups excluding carboxylic acids is 1. The van der Waals surface area contributed by atoms with E-state index in [1.54, 1.807) is 36.5 Å². The number of rotatable bonds is 12. The number of nitriles is 1. The summed E-state index contributed by atoms with van der Waals surface area (Å²) in [6, 6.07) is 15.0. The molecule has 0 aliphatic rings. The molecule has 0 aliphatic carbocycles. The zero-order chi connectivity index (χ0) is 31.2. The van der Waals surface area contributed by atoms with Crippen molar-refractivity contribution in [1.82, 2.24) is 25.1 Å². The quantitative estimate of drug-likeness (QED) is 0.169. The maximum atomic E-state index is 12.1. The van der Waals surface area contributed by atoms with Gasteiger partial charge >= 0.3 is 0 Å². The van der Waals surface area contributed by atoms with Crippen LogP contribution >= 0.6 is 12.4 Å². The SMILES string of the molecule is CCN=C=NCCCN(C)C.CCc1cc(C(C(N)=O)c2ccc(Oc3ccnc4cc(OC)c(C#N)cc34)cn2)n[nH]1.Cl. The number of aromatic nitrogens is 4. The van der Waals surface area contributed by atoms with E-state index < -0.39 is 11.8 Å². The highest BCUT2D eigenvalue weighted by molar-refractivity contribution is 5.88. The van der Waals surface area contributed by atoms with E-state index in [0.29, 0.717) is 45.1 Å². The number of nitrogens with zero attached hydrogens (tertiary/aromatic N) is 7. The molecule has 0 fully saturated rings. The summed E-state index contributed by atoms with van der Waals surface area (Å²) in [5.41, 5.74) is 8.52. The second kappa shape index (κ2) is 18.0. The van der Waals surface area contributed by atoms with Gasteiger partial charge in [-0.05, 0) is 70.7 Å². The fraction of sp³-hybridized carbons (Fsp3) is 0.355. The molecule has 0 bridgehead atoms. The minimum absolute atomic E-state index is 0. The van der Waals surface area contributed by atoms with Gasteiger partial charge in [-0.25, -0.2) is 9.98 Å². The average Bonchev–Trinajstić information content (AvgIpc) is 3.48. The molecule has 1 amide bonds. The first kappa shape index (κ1) is 35.4. The highest BCUT2D eigenvalue weighted by atomic mass is 35.5. The van der Waals surface area contributed by atoms with Gasteiger partial charge in [0.25, 0.3) is 0 Å². The van der Waals surface area contributed by atoms with Gasteiger partial charge in [-0.3, -0.25) is 19.9 Å². The summed E-state index contributed by atoms with van der Waals surface area (Å²) in [4.78, 5) is 30.8. The monoisotopic (exact) mass is 619 g/mol. The Labute approximate surface area is 263 Å². The first-order valence-corrected chi connectivity index (χ1v) is 13.9. The van der Waals surface area contributed by atoms with Gasteiger partial charge in [-0.2, -0.15) is 10.4 Å². The normalized spacial score (nSPS) is 10.8. The Morgan fingerprint density at radius 2 is 1.91 bits per heavy atom. The molecule has 232 valence electrons. The molecule has 3 N–H and O–H groups in total. The van der Waals surface area contributed by atoms with E-state index in [2.05, 4.69) is 61.2 Å². The van der Waals surface area contributed by atoms with Crippen LogP contribution < -0.4 is 15.2 Å². The van der Waals surface area contributed by atoms with E-state index in [4.69, 9.17) is 15.2 Å². The molecule has 0 saturated heterocycles. The van der Waals surface area contributed by atoms with Crippen LogP contribution in [0.3, 0.4) is 0 Å². The Kier molecular flexibility index (Phi) is 14.5. The van der Waals surface area contributed by atoms with Crippen LogP contribution in [-0.2, 0) is 11.2 Å². The van der Waals surface area contributed by atoms with Crippen LogP contribution in [-0.4, -0.2) is 77.8 Å². The number of fused-ring (bicyclic) bond motifs is 1. The lowest BCUT2D eigenvalue weighted by atomic mass is 9.99. The zero-order valence-electron chi connectivity index (χ0n) is 25.6. The molecule has 44 heavy (non-hydrogen) atoms. The number of aromatic amines is 1. The lowest BCUT2D eigenvalue weighted by Gasteiger charge is -2.12. The third-order valence-corrected chi connectivity index (χ3v) is 6.21. The number of amides is 1. The lowest BCUT2D eigenvalue weighted by Crippen LogP contribution is -2.23. The van der Waals surface area contributed by atoms with Crippen molar-refractivity contribution in [2.45, 2.75) is 32.6 Å². The summed E-state index contributed by atoms with van der Waals surface area (Å²) >= 11 is 0. The molecule has 12 nitrogen and oxygen atoms in total. The molecular formula is C31H38ClN9O3. The summed E-state index contributed by atoms with van der Waals surface area (Å²) < 4.78 is 11.2. The summed E-state index contributed by atoms with van der Waals surface area (Å²) in [6.07, 6.45) is 4.97. The number of benzene rings is 1. The van der Waals surface area contributed by atoms with E-state index in [0.717, 1.165) is 38.2 Å². The van der Waals surface area contributed by atoms with Gasteiger partial charge in [0.05, 0.1) is 48.3 Å². The molecule has 1 atom stereocenters. The molecule has 1 aromatic carbocycles. The number of carbonyl (C=O) groups is 1. The van der Waals surface area contributed by atoms with Crippen LogP contribution in [0.2, 0.25) is 0 Å². The van der Waals surface area contributed by atoms with Crippen molar-refractivity contribution in [3.8, 4) is 23.3 Å². The maximum absolute atomic E-state index is 12.1. The predicted octanol–water partition coefficient (Wildman–Crippen LogP) is 4.76. The van der Waals surface area contributed by atoms with E-state index in [1.165, 1.54) is 13.3 Å². The molecular weight excluding hydrogens is 582 g/mol. The van der Waals surface area contributed by atoms with Gasteiger partial charge in [0.15, 0.2) is 0 Å². The Bertz CT molecular complexity index is 1610. The molecule has 3 aromatic heterocycles. The molecule has 0 radical (unpaired) electrons. The smallest absolute Gasteiger partial charge is 0.232 e.